The molecule has 4 N–H and O–H groups in total. The Morgan fingerprint density at radius 1 is 0.763 bits per heavy atom. The van der Waals surface area contributed by atoms with E-state index in [1.54, 1.807) is 49.4 Å². The van der Waals surface area contributed by atoms with Crippen LogP contribution in [0.3, 0.4) is 0 Å². The highest BCUT2D eigenvalue weighted by molar-refractivity contribution is 6.02. The minimum atomic E-state index is -0.940. The fourth-order valence-corrected chi connectivity index (χ4v) is 5.92. The van der Waals surface area contributed by atoms with Crippen molar-refractivity contribution in [1.82, 2.24) is 40.5 Å². The molecule has 2 heterocycles. The normalized spacial score (nSPS) is 11.9. The van der Waals surface area contributed by atoms with Gasteiger partial charge in [0.05, 0.1) is 60.3 Å². The lowest BCUT2D eigenvalue weighted by Gasteiger charge is -2.13. The minimum Gasteiger partial charge on any atom is -0.465 e. The van der Waals surface area contributed by atoms with Gasteiger partial charge in [0.25, 0.3) is 6.01 Å². The fourth-order valence-electron chi connectivity index (χ4n) is 5.92. The smallest absolute Gasteiger partial charge is 0.465 e. The monoisotopic (exact) mass is 814 g/mol. The van der Waals surface area contributed by atoms with Crippen molar-refractivity contribution in [2.45, 2.75) is 52.7 Å². The highest BCUT2D eigenvalue weighted by Gasteiger charge is 2.22. The third kappa shape index (κ3) is 11.4. The van der Waals surface area contributed by atoms with Gasteiger partial charge in [-0.25, -0.2) is 14.4 Å². The molecule has 20 heteroatoms. The number of imidazole rings is 1. The number of ether oxygens (including phenoxy) is 4. The molecule has 0 bridgehead atoms. The number of esters is 1. The summed E-state index contributed by atoms with van der Waals surface area (Å²) in [5.74, 6) is -0.221. The first-order chi connectivity index (χ1) is 28.6. The Kier molecular flexibility index (Phi) is 14.6. The maximum absolute atomic E-state index is 13.2. The van der Waals surface area contributed by atoms with Crippen molar-refractivity contribution in [1.29, 1.82) is 0 Å². The molecule has 0 spiro atoms. The molecule has 2 aromatic heterocycles. The van der Waals surface area contributed by atoms with Crippen molar-refractivity contribution in [2.75, 3.05) is 19.8 Å². The number of aromatic nitrogens is 6. The molecule has 1 unspecified atom stereocenters. The van der Waals surface area contributed by atoms with Crippen molar-refractivity contribution in [3.05, 3.63) is 113 Å². The average Bonchev–Trinajstić information content (AvgIpc) is 3.87. The summed E-state index contributed by atoms with van der Waals surface area (Å²) in [4.78, 5) is 40.6. The standard InChI is InChI=1S/C39H42N8O12/c1-3-54-38-40-34-12-8-11-33(37(48)55-21-6-7-22-57-46(50)51)35(34)44(38)23-27-17-19-30(20-18-27)31-9-4-5-10-32(31)36-41-43-45(42-36)26(2)59-39(49)56-24-28-13-15-29(16-14-28)25-58-47(52)53/h4-5,8-20,26,50-53H,3,6-7,21-25H2,1-2H3. The summed E-state index contributed by atoms with van der Waals surface area (Å²) in [6.45, 7) is 4.14. The van der Waals surface area contributed by atoms with Gasteiger partial charge in [-0.3, -0.25) is 30.2 Å². The van der Waals surface area contributed by atoms with Crippen LogP contribution in [0.25, 0.3) is 33.5 Å². The molecule has 20 nitrogen and oxygen atoms in total. The molecule has 1 atom stereocenters. The van der Waals surface area contributed by atoms with Crippen molar-refractivity contribution >= 4 is 23.2 Å². The Bertz CT molecular complexity index is 2300. The van der Waals surface area contributed by atoms with Crippen LogP contribution < -0.4 is 4.74 Å². The first kappa shape index (κ1) is 42.3. The van der Waals surface area contributed by atoms with E-state index >= 15 is 0 Å². The summed E-state index contributed by atoms with van der Waals surface area (Å²) < 4.78 is 23.9. The number of benzene rings is 4. The first-order valence-electron chi connectivity index (χ1n) is 18.4. The number of para-hydroxylation sites is 1. The van der Waals surface area contributed by atoms with Crippen molar-refractivity contribution < 1.29 is 59.0 Å². The molecule has 0 fully saturated rings. The number of unbranched alkanes of at least 4 members (excludes halogenated alkanes) is 1. The van der Waals surface area contributed by atoms with Gasteiger partial charge in [0, 0.05) is 5.56 Å². The lowest BCUT2D eigenvalue weighted by Crippen LogP contribution is -2.18. The molecule has 6 rings (SSSR count). The minimum absolute atomic E-state index is 0.0422. The quantitative estimate of drug-likeness (QED) is 0.0385. The summed E-state index contributed by atoms with van der Waals surface area (Å²) in [5.41, 5.74) is 6.10. The number of nitrogens with zero attached hydrogens (tertiary/aromatic N) is 8. The maximum atomic E-state index is 13.2. The summed E-state index contributed by atoms with van der Waals surface area (Å²) in [7, 11) is 0. The van der Waals surface area contributed by atoms with Crippen LogP contribution in [-0.4, -0.2) is 93.3 Å². The first-order valence-corrected chi connectivity index (χ1v) is 18.4. The lowest BCUT2D eigenvalue weighted by atomic mass is 9.98. The Labute approximate surface area is 336 Å². The highest BCUT2D eigenvalue weighted by Crippen LogP contribution is 2.32. The molecular formula is C39H42N8O12. The summed E-state index contributed by atoms with van der Waals surface area (Å²) >= 11 is 0. The number of carbonyl (C=O) groups is 2. The number of fused-ring (bicyclic) bond motifs is 1. The van der Waals surface area contributed by atoms with E-state index in [0.717, 1.165) is 16.7 Å². The third-order valence-electron chi connectivity index (χ3n) is 8.72. The van der Waals surface area contributed by atoms with Gasteiger partial charge >= 0.3 is 12.1 Å². The van der Waals surface area contributed by atoms with Gasteiger partial charge < -0.3 is 18.9 Å². The number of hydrogen-bond donors (Lipinski definition) is 4. The van der Waals surface area contributed by atoms with E-state index in [1.807, 2.05) is 60.0 Å². The SMILES string of the molecule is CCOc1nc2cccc(C(=O)OCCCCON(O)O)c2n1Cc1ccc(-c2ccccc2-c2nnn(C(C)OC(=O)OCc3ccc(CON(O)O)cc3)n2)cc1. The van der Waals surface area contributed by atoms with Gasteiger partial charge in [-0.05, 0) is 71.9 Å². The van der Waals surface area contributed by atoms with Crippen LogP contribution in [0.4, 0.5) is 4.79 Å². The second kappa shape index (κ2) is 20.4. The number of hydrogen-bond acceptors (Lipinski definition) is 18. The second-order valence-corrected chi connectivity index (χ2v) is 12.8. The van der Waals surface area contributed by atoms with Crippen LogP contribution in [0.15, 0.2) is 91.0 Å². The summed E-state index contributed by atoms with van der Waals surface area (Å²) in [5, 5.41) is 46.8. The third-order valence-corrected chi connectivity index (χ3v) is 8.72. The van der Waals surface area contributed by atoms with E-state index < -0.39 is 18.4 Å². The largest absolute Gasteiger partial charge is 0.510 e. The molecule has 6 aromatic rings. The maximum Gasteiger partial charge on any atom is 0.510 e. The molecule has 0 amide bonds. The number of carbonyl (C=O) groups excluding carboxylic acids is 2. The zero-order valence-corrected chi connectivity index (χ0v) is 32.0. The van der Waals surface area contributed by atoms with E-state index in [-0.39, 0.29) is 37.2 Å². The van der Waals surface area contributed by atoms with Gasteiger partial charge in [-0.1, -0.05) is 78.9 Å². The molecule has 0 aliphatic rings. The van der Waals surface area contributed by atoms with Crippen LogP contribution in [0.1, 0.15) is 60.0 Å². The number of rotatable bonds is 20. The average molecular weight is 815 g/mol. The van der Waals surface area contributed by atoms with E-state index in [1.165, 1.54) is 4.80 Å². The van der Waals surface area contributed by atoms with E-state index in [9.17, 15) is 9.59 Å². The highest BCUT2D eigenvalue weighted by atomic mass is 17.1. The molecule has 0 saturated carbocycles. The molecule has 4 aromatic carbocycles. The topological polar surface area (TPSA) is 238 Å². The predicted molar refractivity (Wildman–Crippen MR) is 202 cm³/mol. The van der Waals surface area contributed by atoms with Gasteiger partial charge in [0.2, 0.25) is 12.1 Å². The fraction of sp³-hybridized carbons (Fsp3) is 0.282. The molecular weight excluding hydrogens is 772 g/mol. The predicted octanol–water partition coefficient (Wildman–Crippen LogP) is 6.14. The molecule has 0 aliphatic carbocycles. The summed E-state index contributed by atoms with van der Waals surface area (Å²) in [6, 6.07) is 27.7. The summed E-state index contributed by atoms with van der Waals surface area (Å²) in [6.07, 6.45) is -0.996. The molecule has 59 heavy (non-hydrogen) atoms. The zero-order valence-electron chi connectivity index (χ0n) is 32.0. The number of tetrazole rings is 1. The van der Waals surface area contributed by atoms with Crippen molar-refractivity contribution in [2.24, 2.45) is 0 Å². The van der Waals surface area contributed by atoms with Gasteiger partial charge in [-0.2, -0.15) is 4.98 Å². The van der Waals surface area contributed by atoms with Crippen LogP contribution in [0, 0.1) is 0 Å². The van der Waals surface area contributed by atoms with E-state index in [0.29, 0.717) is 71.1 Å². The van der Waals surface area contributed by atoms with Crippen LogP contribution >= 0.6 is 0 Å². The Morgan fingerprint density at radius 3 is 2.15 bits per heavy atom. The Hall–Kier alpha value is -6.36. The second-order valence-electron chi connectivity index (χ2n) is 12.8. The Balaban J connectivity index is 1.11. The van der Waals surface area contributed by atoms with Crippen molar-refractivity contribution in [3.63, 3.8) is 0 Å². The molecule has 0 radical (unpaired) electrons. The molecule has 0 saturated heterocycles. The van der Waals surface area contributed by atoms with Gasteiger partial charge in [0.1, 0.15) is 6.61 Å². The Morgan fingerprint density at radius 2 is 1.44 bits per heavy atom. The van der Waals surface area contributed by atoms with Crippen LogP contribution in [0.5, 0.6) is 6.01 Å². The van der Waals surface area contributed by atoms with Gasteiger partial charge in [0.15, 0.2) is 0 Å². The van der Waals surface area contributed by atoms with Crippen molar-refractivity contribution in [3.8, 4) is 28.5 Å². The molecule has 310 valence electrons. The zero-order chi connectivity index (χ0) is 41.7. The van der Waals surface area contributed by atoms with Crippen LogP contribution in [0.2, 0.25) is 0 Å². The van der Waals surface area contributed by atoms with Crippen LogP contribution in [-0.2, 0) is 43.6 Å². The van der Waals surface area contributed by atoms with Gasteiger partial charge in [-0.15, -0.1) is 15.0 Å². The molecule has 0 aliphatic heterocycles. The lowest BCUT2D eigenvalue weighted by molar-refractivity contribution is -0.497. The van der Waals surface area contributed by atoms with E-state index in [4.69, 9.17) is 39.8 Å². The van der Waals surface area contributed by atoms with E-state index in [2.05, 4.69) is 30.1 Å².